The van der Waals surface area contributed by atoms with Gasteiger partial charge in [0.25, 0.3) is 0 Å². The average molecular weight is 695 g/mol. The predicted molar refractivity (Wildman–Crippen MR) is 232 cm³/mol. The summed E-state index contributed by atoms with van der Waals surface area (Å²) in [5.41, 5.74) is 11.2. The Balaban J connectivity index is 1.00. The van der Waals surface area contributed by atoms with E-state index in [2.05, 4.69) is 174 Å². The van der Waals surface area contributed by atoms with Crippen molar-refractivity contribution in [2.75, 3.05) is 0 Å². The topological polar surface area (TPSA) is 28.7 Å². The Morgan fingerprint density at radius 2 is 0.873 bits per heavy atom. The van der Waals surface area contributed by atoms with Gasteiger partial charge in [0.05, 0.1) is 22.7 Å². The lowest BCUT2D eigenvalue weighted by molar-refractivity contribution is 1.18. The van der Waals surface area contributed by atoms with Gasteiger partial charge in [-0.2, -0.15) is 5.26 Å². The molecule has 2 nitrogen and oxygen atoms in total. The van der Waals surface area contributed by atoms with E-state index in [1.807, 2.05) is 18.2 Å². The van der Waals surface area contributed by atoms with Gasteiger partial charge in [0.15, 0.2) is 0 Å². The summed E-state index contributed by atoms with van der Waals surface area (Å²) in [6.07, 6.45) is 0. The number of nitriles is 1. The van der Waals surface area contributed by atoms with Crippen LogP contribution in [0.5, 0.6) is 0 Å². The standard InChI is InChI=1S/C53H30N2/c54-31-32-26-40-16-17-41-29-42(30-49-53(41)52(40)48(27-32)55(49)43-8-2-1-3-9-43)34-10-13-35(14-11-34)44-22-18-36-21-25-47-45(23-19-37-20-24-46(44)50(36)51(37)47)39-15-12-33-6-4-5-7-38(33)28-39/h1-30H. The maximum Gasteiger partial charge on any atom is 0.0992 e. The fourth-order valence-electron chi connectivity index (χ4n) is 9.36. The van der Waals surface area contributed by atoms with Crippen molar-refractivity contribution in [1.82, 2.24) is 4.57 Å². The van der Waals surface area contributed by atoms with Crippen LogP contribution in [0.25, 0.3) is 115 Å². The van der Waals surface area contributed by atoms with E-state index in [1.54, 1.807) is 0 Å². The van der Waals surface area contributed by atoms with Crippen molar-refractivity contribution in [3.8, 4) is 45.1 Å². The van der Waals surface area contributed by atoms with Crippen LogP contribution in [0.1, 0.15) is 5.56 Å². The zero-order chi connectivity index (χ0) is 36.2. The molecule has 12 aromatic rings. The van der Waals surface area contributed by atoms with E-state index in [0.717, 1.165) is 22.1 Å². The molecule has 0 radical (unpaired) electrons. The summed E-state index contributed by atoms with van der Waals surface area (Å²) in [4.78, 5) is 0. The number of aromatic nitrogens is 1. The SMILES string of the molecule is N#Cc1cc2ccc3cc(-c4ccc(-c5ccc6ccc7c(-c8ccc9ccccc9c8)ccc8ccc5c6c87)cc4)cc4c3c2c(c1)n4-c1ccccc1. The second kappa shape index (κ2) is 11.3. The highest BCUT2D eigenvalue weighted by Gasteiger charge is 2.20. The van der Waals surface area contributed by atoms with E-state index >= 15 is 0 Å². The van der Waals surface area contributed by atoms with Crippen LogP contribution in [0.3, 0.4) is 0 Å². The molecule has 11 aromatic carbocycles. The van der Waals surface area contributed by atoms with Crippen LogP contribution < -0.4 is 0 Å². The molecule has 1 heterocycles. The van der Waals surface area contributed by atoms with E-state index in [1.165, 1.54) is 92.6 Å². The van der Waals surface area contributed by atoms with Crippen molar-refractivity contribution >= 4 is 75.7 Å². The molecule has 0 saturated heterocycles. The molecule has 55 heavy (non-hydrogen) atoms. The molecule has 0 unspecified atom stereocenters. The largest absolute Gasteiger partial charge is 0.309 e. The molecule has 0 aliphatic carbocycles. The quantitative estimate of drug-likeness (QED) is 0.169. The van der Waals surface area contributed by atoms with Crippen LogP contribution in [0.15, 0.2) is 182 Å². The second-order valence-corrected chi connectivity index (χ2v) is 14.8. The molecule has 0 aliphatic heterocycles. The molecule has 12 rings (SSSR count). The minimum Gasteiger partial charge on any atom is -0.309 e. The van der Waals surface area contributed by atoms with Gasteiger partial charge in [0, 0.05) is 16.5 Å². The van der Waals surface area contributed by atoms with Gasteiger partial charge >= 0.3 is 0 Å². The van der Waals surface area contributed by atoms with Crippen molar-refractivity contribution in [2.24, 2.45) is 0 Å². The lowest BCUT2D eigenvalue weighted by Gasteiger charge is -2.17. The third-order valence-corrected chi connectivity index (χ3v) is 11.9. The molecular weight excluding hydrogens is 665 g/mol. The van der Waals surface area contributed by atoms with E-state index in [0.29, 0.717) is 5.56 Å². The number of rotatable bonds is 4. The van der Waals surface area contributed by atoms with Crippen LogP contribution in [0, 0.1) is 11.3 Å². The lowest BCUT2D eigenvalue weighted by Crippen LogP contribution is -1.94. The van der Waals surface area contributed by atoms with Gasteiger partial charge in [-0.1, -0.05) is 140 Å². The maximum absolute atomic E-state index is 9.90. The number of fused-ring (bicyclic) bond motifs is 1. The first-order valence-electron chi connectivity index (χ1n) is 18.8. The minimum atomic E-state index is 0.670. The van der Waals surface area contributed by atoms with Gasteiger partial charge in [-0.15, -0.1) is 0 Å². The number of nitrogens with zero attached hydrogens (tertiary/aromatic N) is 2. The number of hydrogen-bond acceptors (Lipinski definition) is 1. The third kappa shape index (κ3) is 4.36. The van der Waals surface area contributed by atoms with Crippen LogP contribution in [-0.4, -0.2) is 4.57 Å². The molecule has 0 N–H and O–H groups in total. The Labute approximate surface area is 317 Å². The first kappa shape index (κ1) is 30.0. The smallest absolute Gasteiger partial charge is 0.0992 e. The molecule has 0 amide bonds. The molecular formula is C53H30N2. The highest BCUT2D eigenvalue weighted by molar-refractivity contribution is 6.28. The summed E-state index contributed by atoms with van der Waals surface area (Å²) < 4.78 is 2.32. The van der Waals surface area contributed by atoms with Crippen LogP contribution >= 0.6 is 0 Å². The van der Waals surface area contributed by atoms with E-state index < -0.39 is 0 Å². The van der Waals surface area contributed by atoms with Crippen molar-refractivity contribution < 1.29 is 0 Å². The molecule has 0 saturated carbocycles. The summed E-state index contributed by atoms with van der Waals surface area (Å²) in [6, 6.07) is 68.7. The Morgan fingerprint density at radius 3 is 1.58 bits per heavy atom. The average Bonchev–Trinajstić information content (AvgIpc) is 3.59. The van der Waals surface area contributed by atoms with Crippen LogP contribution in [-0.2, 0) is 0 Å². The van der Waals surface area contributed by atoms with Crippen LogP contribution in [0.2, 0.25) is 0 Å². The van der Waals surface area contributed by atoms with Gasteiger partial charge in [0.1, 0.15) is 0 Å². The highest BCUT2D eigenvalue weighted by atomic mass is 15.0. The lowest BCUT2D eigenvalue weighted by atomic mass is 9.87. The first-order chi connectivity index (χ1) is 27.2. The molecule has 0 bridgehead atoms. The predicted octanol–water partition coefficient (Wildman–Crippen LogP) is 14.3. The third-order valence-electron chi connectivity index (χ3n) is 11.9. The van der Waals surface area contributed by atoms with Crippen molar-refractivity contribution in [3.05, 3.63) is 188 Å². The summed E-state index contributed by atoms with van der Waals surface area (Å²) in [7, 11) is 0. The Bertz CT molecular complexity index is 3530. The van der Waals surface area contributed by atoms with E-state index in [9.17, 15) is 5.26 Å². The van der Waals surface area contributed by atoms with Gasteiger partial charge in [-0.05, 0) is 130 Å². The van der Waals surface area contributed by atoms with Crippen molar-refractivity contribution in [1.29, 1.82) is 5.26 Å². The number of para-hydroxylation sites is 1. The zero-order valence-corrected chi connectivity index (χ0v) is 29.7. The summed E-state index contributed by atoms with van der Waals surface area (Å²) in [5, 5.41) is 24.9. The van der Waals surface area contributed by atoms with Gasteiger partial charge < -0.3 is 4.57 Å². The molecule has 0 fully saturated rings. The van der Waals surface area contributed by atoms with Crippen molar-refractivity contribution in [3.63, 3.8) is 0 Å². The molecule has 252 valence electrons. The molecule has 1 aromatic heterocycles. The number of benzene rings is 11. The normalized spacial score (nSPS) is 12.0. The number of hydrogen-bond donors (Lipinski definition) is 0. The van der Waals surface area contributed by atoms with Gasteiger partial charge in [-0.25, -0.2) is 0 Å². The van der Waals surface area contributed by atoms with E-state index in [4.69, 9.17) is 0 Å². The maximum atomic E-state index is 9.90. The van der Waals surface area contributed by atoms with Gasteiger partial charge in [-0.3, -0.25) is 0 Å². The summed E-state index contributed by atoms with van der Waals surface area (Å²) >= 11 is 0. The first-order valence-corrected chi connectivity index (χ1v) is 18.8. The summed E-state index contributed by atoms with van der Waals surface area (Å²) in [6.45, 7) is 0. The molecule has 0 spiro atoms. The fourth-order valence-corrected chi connectivity index (χ4v) is 9.36. The molecule has 0 atom stereocenters. The fraction of sp³-hybridized carbons (Fsp3) is 0. The Kier molecular flexibility index (Phi) is 6.15. The Morgan fingerprint density at radius 1 is 0.345 bits per heavy atom. The second-order valence-electron chi connectivity index (χ2n) is 14.8. The van der Waals surface area contributed by atoms with E-state index in [-0.39, 0.29) is 0 Å². The zero-order valence-electron chi connectivity index (χ0n) is 29.7. The van der Waals surface area contributed by atoms with Gasteiger partial charge in [0.2, 0.25) is 0 Å². The van der Waals surface area contributed by atoms with Crippen LogP contribution in [0.4, 0.5) is 0 Å². The minimum absolute atomic E-state index is 0.670. The molecule has 2 heteroatoms. The monoisotopic (exact) mass is 694 g/mol. The Hall–Kier alpha value is -7.47. The summed E-state index contributed by atoms with van der Waals surface area (Å²) in [5.74, 6) is 0. The highest BCUT2D eigenvalue weighted by Crippen LogP contribution is 2.44. The van der Waals surface area contributed by atoms with Crippen molar-refractivity contribution in [2.45, 2.75) is 0 Å². The molecule has 0 aliphatic rings.